The Kier molecular flexibility index (Phi) is 5.41. The van der Waals surface area contributed by atoms with Gasteiger partial charge in [-0.25, -0.2) is 4.79 Å². The number of esters is 1. The number of hydrogen-bond acceptors (Lipinski definition) is 4. The molecule has 1 aliphatic rings. The Morgan fingerprint density at radius 2 is 2.15 bits per heavy atom. The number of nitrogens with one attached hydrogen (secondary N) is 1. The minimum atomic E-state index is -0.300. The molecule has 0 saturated carbocycles. The average molecular weight is 277 g/mol. The molecule has 1 saturated heterocycles. The Morgan fingerprint density at radius 3 is 2.80 bits per heavy atom. The van der Waals surface area contributed by atoms with E-state index in [-0.39, 0.29) is 5.97 Å². The first-order valence-electron chi connectivity index (χ1n) is 7.29. The highest BCUT2D eigenvalue weighted by Gasteiger charge is 2.21. The minimum Gasteiger partial charge on any atom is -0.465 e. The van der Waals surface area contributed by atoms with Crippen molar-refractivity contribution in [3.05, 3.63) is 29.8 Å². The van der Waals surface area contributed by atoms with E-state index in [9.17, 15) is 4.79 Å². The maximum atomic E-state index is 11.4. The summed E-state index contributed by atoms with van der Waals surface area (Å²) in [5.74, 6) is -0.300. The number of rotatable bonds is 5. The van der Waals surface area contributed by atoms with Crippen LogP contribution in [0.2, 0.25) is 0 Å². The molecule has 4 nitrogen and oxygen atoms in total. The molecule has 1 N–H and O–H groups in total. The number of ether oxygens (including phenoxy) is 2. The highest BCUT2D eigenvalue weighted by atomic mass is 16.5. The van der Waals surface area contributed by atoms with Crippen LogP contribution in [0.1, 0.15) is 43.0 Å². The summed E-state index contributed by atoms with van der Waals surface area (Å²) in [5.41, 5.74) is 1.62. The topological polar surface area (TPSA) is 47.6 Å². The zero-order valence-electron chi connectivity index (χ0n) is 12.2. The highest BCUT2D eigenvalue weighted by Crippen LogP contribution is 2.21. The average Bonchev–Trinajstić information content (AvgIpc) is 2.48. The van der Waals surface area contributed by atoms with Crippen molar-refractivity contribution in [2.24, 2.45) is 0 Å². The van der Waals surface area contributed by atoms with E-state index in [1.54, 1.807) is 12.1 Å². The molecular weight excluding hydrogens is 254 g/mol. The Labute approximate surface area is 120 Å². The van der Waals surface area contributed by atoms with Crippen molar-refractivity contribution in [1.82, 2.24) is 0 Å². The second kappa shape index (κ2) is 7.29. The van der Waals surface area contributed by atoms with Gasteiger partial charge in [0.2, 0.25) is 0 Å². The van der Waals surface area contributed by atoms with Crippen LogP contribution < -0.4 is 5.32 Å². The van der Waals surface area contributed by atoms with Crippen LogP contribution in [0.5, 0.6) is 0 Å². The number of hydrogen-bond donors (Lipinski definition) is 1. The fourth-order valence-corrected chi connectivity index (χ4v) is 2.59. The maximum absolute atomic E-state index is 11.4. The maximum Gasteiger partial charge on any atom is 0.337 e. The van der Waals surface area contributed by atoms with E-state index in [0.29, 0.717) is 17.7 Å². The molecule has 1 heterocycles. The molecule has 1 aliphatic heterocycles. The summed E-state index contributed by atoms with van der Waals surface area (Å²) in [4.78, 5) is 11.4. The monoisotopic (exact) mass is 277 g/mol. The molecule has 4 heteroatoms. The Balaban J connectivity index is 1.91. The second-order valence-corrected chi connectivity index (χ2v) is 5.22. The Morgan fingerprint density at radius 1 is 1.40 bits per heavy atom. The molecule has 1 aromatic rings. The summed E-state index contributed by atoms with van der Waals surface area (Å²) < 4.78 is 10.4. The van der Waals surface area contributed by atoms with Crippen molar-refractivity contribution in [1.29, 1.82) is 0 Å². The third-order valence-corrected chi connectivity index (χ3v) is 3.65. The minimum absolute atomic E-state index is 0.300. The summed E-state index contributed by atoms with van der Waals surface area (Å²) in [5, 5.41) is 3.52. The van der Waals surface area contributed by atoms with Gasteiger partial charge in [0.15, 0.2) is 0 Å². The van der Waals surface area contributed by atoms with Gasteiger partial charge in [-0.05, 0) is 43.5 Å². The van der Waals surface area contributed by atoms with Crippen molar-refractivity contribution in [2.75, 3.05) is 19.0 Å². The predicted molar refractivity (Wildman–Crippen MR) is 79.1 cm³/mol. The normalized spacial score (nSPS) is 22.3. The second-order valence-electron chi connectivity index (χ2n) is 5.22. The summed E-state index contributed by atoms with van der Waals surface area (Å²) in [6.07, 6.45) is 4.73. The smallest absolute Gasteiger partial charge is 0.337 e. The number of benzene rings is 1. The molecule has 1 fully saturated rings. The van der Waals surface area contributed by atoms with Gasteiger partial charge >= 0.3 is 5.97 Å². The fraction of sp³-hybridized carbons (Fsp3) is 0.562. The zero-order valence-corrected chi connectivity index (χ0v) is 12.2. The molecular formula is C16H23NO3. The number of anilines is 1. The Bertz CT molecular complexity index is 428. The lowest BCUT2D eigenvalue weighted by Crippen LogP contribution is -2.33. The van der Waals surface area contributed by atoms with E-state index in [0.717, 1.165) is 38.0 Å². The third kappa shape index (κ3) is 3.97. The fourth-order valence-electron chi connectivity index (χ4n) is 2.59. The van der Waals surface area contributed by atoms with Gasteiger partial charge in [-0.2, -0.15) is 0 Å². The lowest BCUT2D eigenvalue weighted by Gasteiger charge is -2.30. The Hall–Kier alpha value is -1.55. The molecule has 20 heavy (non-hydrogen) atoms. The summed E-state index contributed by atoms with van der Waals surface area (Å²) in [6.45, 7) is 3.01. The van der Waals surface area contributed by atoms with Gasteiger partial charge in [-0.1, -0.05) is 13.3 Å². The summed E-state index contributed by atoms with van der Waals surface area (Å²) in [6, 6.07) is 7.88. The van der Waals surface area contributed by atoms with E-state index in [4.69, 9.17) is 9.47 Å². The van der Waals surface area contributed by atoms with Gasteiger partial charge in [0.25, 0.3) is 0 Å². The van der Waals surface area contributed by atoms with Crippen LogP contribution in [-0.2, 0) is 9.47 Å². The van der Waals surface area contributed by atoms with Gasteiger partial charge in [0.1, 0.15) is 0 Å². The van der Waals surface area contributed by atoms with Crippen LogP contribution in [0.15, 0.2) is 24.3 Å². The van der Waals surface area contributed by atoms with Crippen molar-refractivity contribution in [3.63, 3.8) is 0 Å². The van der Waals surface area contributed by atoms with E-state index in [2.05, 4.69) is 12.2 Å². The molecule has 2 atom stereocenters. The predicted octanol–water partition coefficient (Wildman–Crippen LogP) is 3.23. The van der Waals surface area contributed by atoms with Gasteiger partial charge in [-0.3, -0.25) is 0 Å². The molecule has 0 bridgehead atoms. The van der Waals surface area contributed by atoms with Crippen LogP contribution >= 0.6 is 0 Å². The van der Waals surface area contributed by atoms with E-state index >= 15 is 0 Å². The number of carbonyl (C=O) groups excluding carboxylic acids is 1. The molecule has 0 radical (unpaired) electrons. The van der Waals surface area contributed by atoms with Crippen LogP contribution in [0.4, 0.5) is 5.69 Å². The molecule has 1 aromatic carbocycles. The zero-order chi connectivity index (χ0) is 14.4. The van der Waals surface area contributed by atoms with Crippen LogP contribution in [0, 0.1) is 0 Å². The highest BCUT2D eigenvalue weighted by molar-refractivity contribution is 5.89. The van der Waals surface area contributed by atoms with Crippen LogP contribution in [0.3, 0.4) is 0 Å². The molecule has 2 rings (SSSR count). The lowest BCUT2D eigenvalue weighted by atomic mass is 10.00. The first kappa shape index (κ1) is 14.9. The van der Waals surface area contributed by atoms with Crippen molar-refractivity contribution >= 4 is 11.7 Å². The van der Waals surface area contributed by atoms with Crippen molar-refractivity contribution in [3.8, 4) is 0 Å². The molecule has 110 valence electrons. The van der Waals surface area contributed by atoms with E-state index < -0.39 is 0 Å². The standard InChI is InChI=1S/C16H23NO3/c1-3-4-15-11-14(9-10-20-15)17-13-7-5-12(6-8-13)16(18)19-2/h5-8,14-15,17H,3-4,9-11H2,1-2H3. The van der Waals surface area contributed by atoms with E-state index in [1.807, 2.05) is 12.1 Å². The van der Waals surface area contributed by atoms with Gasteiger partial charge in [-0.15, -0.1) is 0 Å². The lowest BCUT2D eigenvalue weighted by molar-refractivity contribution is 0.00598. The van der Waals surface area contributed by atoms with Crippen molar-refractivity contribution in [2.45, 2.75) is 44.8 Å². The van der Waals surface area contributed by atoms with Crippen LogP contribution in [0.25, 0.3) is 0 Å². The third-order valence-electron chi connectivity index (χ3n) is 3.65. The molecule has 2 unspecified atom stereocenters. The SMILES string of the molecule is CCCC1CC(Nc2ccc(C(=O)OC)cc2)CCO1. The summed E-state index contributed by atoms with van der Waals surface area (Å²) in [7, 11) is 1.39. The van der Waals surface area contributed by atoms with Gasteiger partial charge in [0, 0.05) is 18.3 Å². The molecule has 0 aliphatic carbocycles. The molecule has 0 amide bonds. The van der Waals surface area contributed by atoms with Crippen LogP contribution in [-0.4, -0.2) is 31.8 Å². The van der Waals surface area contributed by atoms with E-state index in [1.165, 1.54) is 7.11 Å². The molecule has 0 spiro atoms. The number of methoxy groups -OCH3 is 1. The first-order chi connectivity index (χ1) is 9.72. The largest absolute Gasteiger partial charge is 0.465 e. The quantitative estimate of drug-likeness (QED) is 0.839. The summed E-state index contributed by atoms with van der Waals surface area (Å²) >= 11 is 0. The molecule has 0 aromatic heterocycles. The van der Waals surface area contributed by atoms with Gasteiger partial charge in [0.05, 0.1) is 18.8 Å². The number of carbonyl (C=O) groups is 1. The van der Waals surface area contributed by atoms with Gasteiger partial charge < -0.3 is 14.8 Å². The van der Waals surface area contributed by atoms with Crippen molar-refractivity contribution < 1.29 is 14.3 Å². The first-order valence-corrected chi connectivity index (χ1v) is 7.29.